The SMILES string of the molecule is O=C([C@H]1CCc2c(sc3ncnc(Nc4ccc5[nH]ncc5c4)c23)C1)N1CCCC1. The summed E-state index contributed by atoms with van der Waals surface area (Å²) in [5.74, 6) is 1.29. The molecular weight excluding hydrogens is 396 g/mol. The van der Waals surface area contributed by atoms with Crippen molar-refractivity contribution in [3.63, 3.8) is 0 Å². The largest absolute Gasteiger partial charge is 0.342 e. The molecule has 1 aromatic carbocycles. The number of amides is 1. The van der Waals surface area contributed by atoms with E-state index < -0.39 is 0 Å². The highest BCUT2D eigenvalue weighted by atomic mass is 32.1. The van der Waals surface area contributed by atoms with Crippen LogP contribution in [-0.4, -0.2) is 44.1 Å². The average Bonchev–Trinajstić information content (AvgIpc) is 3.51. The highest BCUT2D eigenvalue weighted by molar-refractivity contribution is 7.19. The van der Waals surface area contributed by atoms with Crippen LogP contribution >= 0.6 is 11.3 Å². The van der Waals surface area contributed by atoms with E-state index in [9.17, 15) is 4.79 Å². The quantitative estimate of drug-likeness (QED) is 0.524. The van der Waals surface area contributed by atoms with Gasteiger partial charge in [0.1, 0.15) is 17.0 Å². The first-order valence-corrected chi connectivity index (χ1v) is 11.3. The van der Waals surface area contributed by atoms with Crippen molar-refractivity contribution < 1.29 is 4.79 Å². The van der Waals surface area contributed by atoms with Crippen LogP contribution in [0.25, 0.3) is 21.1 Å². The molecule has 1 atom stereocenters. The fourth-order valence-corrected chi connectivity index (χ4v) is 6.04. The molecule has 2 aliphatic rings. The molecule has 152 valence electrons. The molecule has 0 unspecified atom stereocenters. The number of aromatic nitrogens is 4. The van der Waals surface area contributed by atoms with Crippen molar-refractivity contribution in [2.75, 3.05) is 18.4 Å². The number of nitrogens with one attached hydrogen (secondary N) is 2. The number of aryl methyl sites for hydroxylation is 1. The lowest BCUT2D eigenvalue weighted by Crippen LogP contribution is -2.36. The summed E-state index contributed by atoms with van der Waals surface area (Å²) in [5, 5.41) is 12.7. The summed E-state index contributed by atoms with van der Waals surface area (Å²) >= 11 is 1.72. The number of thiophene rings is 1. The predicted molar refractivity (Wildman–Crippen MR) is 118 cm³/mol. The molecular formula is C22H22N6OS. The van der Waals surface area contributed by atoms with Gasteiger partial charge in [0.15, 0.2) is 0 Å². The van der Waals surface area contributed by atoms with Crippen LogP contribution in [-0.2, 0) is 17.6 Å². The lowest BCUT2D eigenvalue weighted by atomic mass is 9.87. The second-order valence-electron chi connectivity index (χ2n) is 8.18. The molecule has 4 heterocycles. The molecule has 7 nitrogen and oxygen atoms in total. The number of hydrogen-bond acceptors (Lipinski definition) is 6. The number of aromatic amines is 1. The fourth-order valence-electron chi connectivity index (χ4n) is 4.77. The molecule has 1 amide bonds. The van der Waals surface area contributed by atoms with Gasteiger partial charge in [-0.3, -0.25) is 9.89 Å². The zero-order chi connectivity index (χ0) is 20.1. The molecule has 0 saturated carbocycles. The second-order valence-corrected chi connectivity index (χ2v) is 9.26. The number of H-pyrrole nitrogens is 1. The molecule has 6 rings (SSSR count). The number of likely N-dealkylation sites (tertiary alicyclic amines) is 1. The van der Waals surface area contributed by atoms with Crippen molar-refractivity contribution >= 4 is 49.9 Å². The van der Waals surface area contributed by atoms with Gasteiger partial charge in [-0.25, -0.2) is 9.97 Å². The van der Waals surface area contributed by atoms with Crippen molar-refractivity contribution in [1.82, 2.24) is 25.1 Å². The summed E-state index contributed by atoms with van der Waals surface area (Å²) in [6, 6.07) is 6.11. The number of carbonyl (C=O) groups is 1. The Kier molecular flexibility index (Phi) is 4.19. The third kappa shape index (κ3) is 2.94. The van der Waals surface area contributed by atoms with Crippen LogP contribution in [0, 0.1) is 5.92 Å². The molecule has 1 fully saturated rings. The molecule has 0 bridgehead atoms. The van der Waals surface area contributed by atoms with Crippen molar-refractivity contribution in [2.45, 2.75) is 32.1 Å². The standard InChI is InChI=1S/C22H22N6OS/c29-22(28-7-1-2-8-28)13-3-5-16-18(10-13)30-21-19(16)20(23-12-24-21)26-15-4-6-17-14(9-15)11-25-27-17/h4,6,9,11-13H,1-3,5,7-8,10H2,(H,25,27)(H,23,24,26)/t13-/m0/s1. The van der Waals surface area contributed by atoms with Crippen molar-refractivity contribution in [1.29, 1.82) is 0 Å². The number of hydrogen-bond donors (Lipinski definition) is 2. The van der Waals surface area contributed by atoms with Gasteiger partial charge in [0.25, 0.3) is 0 Å². The molecule has 2 N–H and O–H groups in total. The van der Waals surface area contributed by atoms with E-state index in [0.717, 1.165) is 77.8 Å². The molecule has 1 aliphatic heterocycles. The predicted octanol–water partition coefficient (Wildman–Crippen LogP) is 4.04. The summed E-state index contributed by atoms with van der Waals surface area (Å²) in [5.41, 5.74) is 3.30. The maximum atomic E-state index is 12.9. The number of rotatable bonds is 3. The smallest absolute Gasteiger partial charge is 0.226 e. The third-order valence-corrected chi connectivity index (χ3v) is 7.48. The number of benzene rings is 1. The van der Waals surface area contributed by atoms with Crippen LogP contribution in [0.1, 0.15) is 29.7 Å². The lowest BCUT2D eigenvalue weighted by molar-refractivity contribution is -0.134. The molecule has 1 aliphatic carbocycles. The number of carbonyl (C=O) groups excluding carboxylic acids is 1. The van der Waals surface area contributed by atoms with Crippen LogP contribution in [0.15, 0.2) is 30.7 Å². The Bertz CT molecular complexity index is 1260. The van der Waals surface area contributed by atoms with Gasteiger partial charge >= 0.3 is 0 Å². The van der Waals surface area contributed by atoms with Gasteiger partial charge in [-0.1, -0.05) is 0 Å². The van der Waals surface area contributed by atoms with E-state index in [1.165, 1.54) is 10.4 Å². The molecule has 3 aromatic heterocycles. The van der Waals surface area contributed by atoms with E-state index in [0.29, 0.717) is 5.91 Å². The Morgan fingerprint density at radius 2 is 2.13 bits per heavy atom. The molecule has 30 heavy (non-hydrogen) atoms. The normalized spacial score (nSPS) is 18.8. The van der Waals surface area contributed by atoms with Gasteiger partial charge < -0.3 is 10.2 Å². The van der Waals surface area contributed by atoms with Crippen LogP contribution < -0.4 is 5.32 Å². The first kappa shape index (κ1) is 17.8. The molecule has 1 saturated heterocycles. The Morgan fingerprint density at radius 3 is 3.03 bits per heavy atom. The van der Waals surface area contributed by atoms with E-state index in [4.69, 9.17) is 0 Å². The van der Waals surface area contributed by atoms with Crippen LogP contribution in [0.3, 0.4) is 0 Å². The Labute approximate surface area is 177 Å². The zero-order valence-corrected chi connectivity index (χ0v) is 17.3. The van der Waals surface area contributed by atoms with E-state index in [2.05, 4.69) is 36.4 Å². The Morgan fingerprint density at radius 1 is 1.23 bits per heavy atom. The monoisotopic (exact) mass is 418 g/mol. The fraction of sp³-hybridized carbons (Fsp3) is 0.364. The summed E-state index contributed by atoms with van der Waals surface area (Å²) in [6.07, 6.45) is 8.36. The minimum atomic E-state index is 0.108. The van der Waals surface area contributed by atoms with E-state index in [1.807, 2.05) is 18.3 Å². The minimum Gasteiger partial charge on any atom is -0.342 e. The van der Waals surface area contributed by atoms with Crippen molar-refractivity contribution in [3.8, 4) is 0 Å². The molecule has 0 radical (unpaired) electrons. The Balaban J connectivity index is 1.32. The topological polar surface area (TPSA) is 86.8 Å². The van der Waals surface area contributed by atoms with Gasteiger partial charge in [0.2, 0.25) is 5.91 Å². The van der Waals surface area contributed by atoms with Crippen molar-refractivity contribution in [3.05, 3.63) is 41.2 Å². The summed E-state index contributed by atoms with van der Waals surface area (Å²) in [6.45, 7) is 1.85. The highest BCUT2D eigenvalue weighted by Gasteiger charge is 2.32. The maximum Gasteiger partial charge on any atom is 0.226 e. The average molecular weight is 419 g/mol. The van der Waals surface area contributed by atoms with E-state index in [1.54, 1.807) is 17.7 Å². The maximum absolute atomic E-state index is 12.9. The van der Waals surface area contributed by atoms with Crippen LogP contribution in [0.2, 0.25) is 0 Å². The summed E-state index contributed by atoms with van der Waals surface area (Å²) in [7, 11) is 0. The minimum absolute atomic E-state index is 0.108. The summed E-state index contributed by atoms with van der Waals surface area (Å²) < 4.78 is 0. The van der Waals surface area contributed by atoms with Gasteiger partial charge in [0.05, 0.1) is 17.1 Å². The number of anilines is 2. The molecule has 4 aromatic rings. The first-order valence-electron chi connectivity index (χ1n) is 10.5. The first-order chi connectivity index (χ1) is 14.8. The van der Waals surface area contributed by atoms with Gasteiger partial charge in [-0.05, 0) is 55.9 Å². The zero-order valence-electron chi connectivity index (χ0n) is 16.5. The number of nitrogens with zero attached hydrogens (tertiary/aromatic N) is 4. The second kappa shape index (κ2) is 7.05. The van der Waals surface area contributed by atoms with E-state index in [-0.39, 0.29) is 5.92 Å². The van der Waals surface area contributed by atoms with Gasteiger partial charge in [-0.15, -0.1) is 11.3 Å². The van der Waals surface area contributed by atoms with E-state index >= 15 is 0 Å². The van der Waals surface area contributed by atoms with Crippen LogP contribution in [0.5, 0.6) is 0 Å². The van der Waals surface area contributed by atoms with Crippen LogP contribution in [0.4, 0.5) is 11.5 Å². The van der Waals surface area contributed by atoms with Gasteiger partial charge in [-0.2, -0.15) is 5.10 Å². The Hall–Kier alpha value is -3.00. The number of fused-ring (bicyclic) bond motifs is 4. The molecule has 8 heteroatoms. The van der Waals surface area contributed by atoms with Gasteiger partial charge in [0, 0.05) is 35.0 Å². The summed E-state index contributed by atoms with van der Waals surface area (Å²) in [4.78, 5) is 26.3. The van der Waals surface area contributed by atoms with Crippen molar-refractivity contribution in [2.24, 2.45) is 5.92 Å². The lowest BCUT2D eigenvalue weighted by Gasteiger charge is -2.26. The third-order valence-electron chi connectivity index (χ3n) is 6.32. The molecule has 0 spiro atoms. The highest BCUT2D eigenvalue weighted by Crippen LogP contribution is 2.41.